The molecule has 0 bridgehead atoms. The van der Waals surface area contributed by atoms with E-state index in [9.17, 15) is 23.1 Å². The van der Waals surface area contributed by atoms with E-state index in [1.807, 2.05) is 0 Å². The fourth-order valence-corrected chi connectivity index (χ4v) is 4.99. The molecule has 7 heteroatoms. The molecule has 0 aliphatic heterocycles. The predicted octanol–water partition coefficient (Wildman–Crippen LogP) is 4.78. The molecule has 1 heterocycles. The summed E-state index contributed by atoms with van der Waals surface area (Å²) in [5.41, 5.74) is 2.26. The number of aromatic amines is 1. The summed E-state index contributed by atoms with van der Waals surface area (Å²) in [5, 5.41) is 13.3. The van der Waals surface area contributed by atoms with Crippen LogP contribution in [-0.2, 0) is 4.79 Å². The average molecular weight is 428 g/mol. The average Bonchev–Trinajstić information content (AvgIpc) is 3.26. The van der Waals surface area contributed by atoms with Gasteiger partial charge in [-0.15, -0.1) is 0 Å². The van der Waals surface area contributed by atoms with Crippen LogP contribution in [-0.4, -0.2) is 28.1 Å². The molecule has 2 aromatic carbocycles. The number of fused-ring (bicyclic) bond motifs is 1. The minimum absolute atomic E-state index is 0.0562. The number of hydrogen-bond donors (Lipinski definition) is 3. The molecule has 4 nitrogen and oxygen atoms in total. The van der Waals surface area contributed by atoms with Gasteiger partial charge in [-0.25, -0.2) is 13.2 Å². The maximum Gasteiger partial charge on any atom is 0.223 e. The van der Waals surface area contributed by atoms with Gasteiger partial charge in [-0.2, -0.15) is 0 Å². The fourth-order valence-electron chi connectivity index (χ4n) is 4.99. The standard InChI is InChI=1S/C24H23F3N2O2/c25-15-6-4-12(5-7-15)22-21(17-10-16(26)11-18(27)23(17)29-22)13-8-14(9-13)24(31)28-19-2-1-3-20(19)30/h4-7,10-11,13-14,19-20,29-30H,1-3,8-9H2,(H,28,31)/t13?,14?,19-,20+/m1/s1. The summed E-state index contributed by atoms with van der Waals surface area (Å²) in [6.45, 7) is 0. The number of carbonyl (C=O) groups is 1. The topological polar surface area (TPSA) is 65.1 Å². The van der Waals surface area contributed by atoms with Gasteiger partial charge in [-0.3, -0.25) is 4.79 Å². The van der Waals surface area contributed by atoms with Crippen molar-refractivity contribution in [3.8, 4) is 11.3 Å². The van der Waals surface area contributed by atoms with Crippen LogP contribution >= 0.6 is 0 Å². The number of aliphatic hydroxyl groups excluding tert-OH is 1. The number of rotatable bonds is 4. The first-order valence-corrected chi connectivity index (χ1v) is 10.7. The minimum atomic E-state index is -0.687. The molecular formula is C24H23F3N2O2. The number of aromatic nitrogens is 1. The lowest BCUT2D eigenvalue weighted by Gasteiger charge is -2.36. The van der Waals surface area contributed by atoms with Crippen molar-refractivity contribution in [1.82, 2.24) is 10.3 Å². The van der Waals surface area contributed by atoms with Crippen LogP contribution in [0.3, 0.4) is 0 Å². The Hall–Kier alpha value is -2.80. The lowest BCUT2D eigenvalue weighted by atomic mass is 9.69. The Labute approximate surface area is 177 Å². The maximum atomic E-state index is 14.5. The fraction of sp³-hybridized carbons (Fsp3) is 0.375. The second-order valence-electron chi connectivity index (χ2n) is 8.71. The summed E-state index contributed by atoms with van der Waals surface area (Å²) in [6, 6.07) is 7.79. The van der Waals surface area contributed by atoms with E-state index in [-0.39, 0.29) is 35.1 Å². The summed E-state index contributed by atoms with van der Waals surface area (Å²) in [4.78, 5) is 15.7. The van der Waals surface area contributed by atoms with Crippen molar-refractivity contribution in [1.29, 1.82) is 0 Å². The van der Waals surface area contributed by atoms with Gasteiger partial charge >= 0.3 is 0 Å². The highest BCUT2D eigenvalue weighted by Crippen LogP contribution is 2.48. The van der Waals surface area contributed by atoms with Crippen LogP contribution in [0.1, 0.15) is 43.6 Å². The van der Waals surface area contributed by atoms with Crippen molar-refractivity contribution in [2.75, 3.05) is 0 Å². The number of nitrogens with one attached hydrogen (secondary N) is 2. The molecule has 31 heavy (non-hydrogen) atoms. The van der Waals surface area contributed by atoms with Crippen molar-refractivity contribution < 1.29 is 23.1 Å². The third-order valence-corrected chi connectivity index (χ3v) is 6.72. The first kappa shape index (κ1) is 20.1. The maximum absolute atomic E-state index is 14.5. The Balaban J connectivity index is 1.44. The lowest BCUT2D eigenvalue weighted by Crippen LogP contribution is -2.45. The van der Waals surface area contributed by atoms with Gasteiger partial charge in [-0.05, 0) is 79.5 Å². The minimum Gasteiger partial charge on any atom is -0.391 e. The number of benzene rings is 2. The molecule has 5 rings (SSSR count). The summed E-state index contributed by atoms with van der Waals surface area (Å²) < 4.78 is 41.9. The van der Waals surface area contributed by atoms with Crippen LogP contribution < -0.4 is 5.32 Å². The van der Waals surface area contributed by atoms with Gasteiger partial charge in [0.05, 0.1) is 23.4 Å². The normalized spacial score (nSPS) is 25.5. The lowest BCUT2D eigenvalue weighted by molar-refractivity contribution is -0.129. The molecule has 1 amide bonds. The second kappa shape index (κ2) is 7.71. The molecule has 0 radical (unpaired) electrons. The third-order valence-electron chi connectivity index (χ3n) is 6.72. The zero-order chi connectivity index (χ0) is 21.7. The first-order valence-electron chi connectivity index (χ1n) is 10.7. The van der Waals surface area contributed by atoms with Crippen LogP contribution in [0.5, 0.6) is 0 Å². The number of carbonyl (C=O) groups excluding carboxylic acids is 1. The Morgan fingerprint density at radius 3 is 2.45 bits per heavy atom. The SMILES string of the molecule is O=C(N[C@@H]1CCC[C@@H]1O)C1CC(c2c(-c3ccc(F)cc3)[nH]c3c(F)cc(F)cc23)C1. The van der Waals surface area contributed by atoms with Crippen LogP contribution in [0, 0.1) is 23.4 Å². The van der Waals surface area contributed by atoms with Gasteiger partial charge in [0.25, 0.3) is 0 Å². The molecule has 3 aromatic rings. The predicted molar refractivity (Wildman–Crippen MR) is 111 cm³/mol. The summed E-state index contributed by atoms with van der Waals surface area (Å²) in [5.74, 6) is -2.08. The van der Waals surface area contributed by atoms with Crippen molar-refractivity contribution in [2.45, 2.75) is 50.2 Å². The Morgan fingerprint density at radius 1 is 1.03 bits per heavy atom. The van der Waals surface area contributed by atoms with Gasteiger partial charge in [0.1, 0.15) is 17.5 Å². The van der Waals surface area contributed by atoms with Crippen LogP contribution in [0.15, 0.2) is 36.4 Å². The number of aliphatic hydroxyl groups is 1. The monoisotopic (exact) mass is 428 g/mol. The largest absolute Gasteiger partial charge is 0.391 e. The van der Waals surface area contributed by atoms with E-state index in [2.05, 4.69) is 10.3 Å². The van der Waals surface area contributed by atoms with Crippen LogP contribution in [0.4, 0.5) is 13.2 Å². The molecule has 162 valence electrons. The Morgan fingerprint density at radius 2 is 1.77 bits per heavy atom. The van der Waals surface area contributed by atoms with Crippen molar-refractivity contribution in [2.24, 2.45) is 5.92 Å². The molecule has 2 atom stereocenters. The highest BCUT2D eigenvalue weighted by Gasteiger charge is 2.40. The van der Waals surface area contributed by atoms with Gasteiger partial charge in [0.15, 0.2) is 0 Å². The summed E-state index contributed by atoms with van der Waals surface area (Å²) in [7, 11) is 0. The highest BCUT2D eigenvalue weighted by molar-refractivity contribution is 5.92. The van der Waals surface area contributed by atoms with E-state index in [0.29, 0.717) is 35.9 Å². The van der Waals surface area contributed by atoms with Crippen LogP contribution in [0.2, 0.25) is 0 Å². The zero-order valence-electron chi connectivity index (χ0n) is 16.8. The molecule has 2 aliphatic rings. The molecule has 2 saturated carbocycles. The first-order chi connectivity index (χ1) is 14.9. The molecule has 1 aromatic heterocycles. The number of hydrogen-bond acceptors (Lipinski definition) is 2. The quantitative estimate of drug-likeness (QED) is 0.560. The van der Waals surface area contributed by atoms with Gasteiger partial charge in [0, 0.05) is 17.4 Å². The zero-order valence-corrected chi connectivity index (χ0v) is 16.8. The van der Waals surface area contributed by atoms with Gasteiger partial charge in [0.2, 0.25) is 5.91 Å². The smallest absolute Gasteiger partial charge is 0.223 e. The molecular weight excluding hydrogens is 405 g/mol. The van der Waals surface area contributed by atoms with Crippen molar-refractivity contribution >= 4 is 16.8 Å². The highest BCUT2D eigenvalue weighted by atomic mass is 19.1. The van der Waals surface area contributed by atoms with Gasteiger partial charge < -0.3 is 15.4 Å². The third kappa shape index (κ3) is 3.61. The Bertz CT molecular complexity index is 1140. The van der Waals surface area contributed by atoms with Gasteiger partial charge in [-0.1, -0.05) is 0 Å². The molecule has 3 N–H and O–H groups in total. The van der Waals surface area contributed by atoms with E-state index in [4.69, 9.17) is 0 Å². The van der Waals surface area contributed by atoms with E-state index in [0.717, 1.165) is 24.5 Å². The molecule has 2 aliphatic carbocycles. The second-order valence-corrected chi connectivity index (χ2v) is 8.71. The van der Waals surface area contributed by atoms with E-state index >= 15 is 0 Å². The molecule has 0 saturated heterocycles. The van der Waals surface area contributed by atoms with Crippen molar-refractivity contribution in [3.05, 3.63) is 59.4 Å². The van der Waals surface area contributed by atoms with E-state index in [1.165, 1.54) is 18.2 Å². The molecule has 2 fully saturated rings. The number of H-pyrrole nitrogens is 1. The summed E-state index contributed by atoms with van der Waals surface area (Å²) >= 11 is 0. The van der Waals surface area contributed by atoms with E-state index in [1.54, 1.807) is 12.1 Å². The number of amides is 1. The summed E-state index contributed by atoms with van der Waals surface area (Å²) in [6.07, 6.45) is 2.98. The molecule has 0 spiro atoms. The van der Waals surface area contributed by atoms with Crippen molar-refractivity contribution in [3.63, 3.8) is 0 Å². The number of halogens is 3. The Kier molecular flexibility index (Phi) is 5.01. The molecule has 0 unspecified atom stereocenters. The van der Waals surface area contributed by atoms with E-state index < -0.39 is 17.7 Å². The van der Waals surface area contributed by atoms with Crippen LogP contribution in [0.25, 0.3) is 22.2 Å².